The van der Waals surface area contributed by atoms with Crippen LogP contribution in [0.3, 0.4) is 0 Å². The highest BCUT2D eigenvalue weighted by atomic mass is 19.4. The Labute approximate surface area is 216 Å². The first-order valence-corrected chi connectivity index (χ1v) is 12.1. The molecule has 0 bridgehead atoms. The zero-order valence-electron chi connectivity index (χ0n) is 20.7. The van der Waals surface area contributed by atoms with Gasteiger partial charge >= 0.3 is 17.8 Å². The lowest BCUT2D eigenvalue weighted by atomic mass is 9.94. The number of nitrogens with zero attached hydrogens (tertiary/aromatic N) is 2. The molecule has 1 atom stereocenters. The zero-order chi connectivity index (χ0) is 28.0. The van der Waals surface area contributed by atoms with E-state index in [4.69, 9.17) is 15.6 Å². The molecule has 1 aromatic heterocycles. The molecule has 2 aromatic carbocycles. The smallest absolute Gasteiger partial charge is 0.475 e. The second-order valence-electron chi connectivity index (χ2n) is 9.12. The average molecular weight is 536 g/mol. The predicted octanol–water partition coefficient (Wildman–Crippen LogP) is 4.96. The summed E-state index contributed by atoms with van der Waals surface area (Å²) in [5, 5.41) is 7.12. The van der Waals surface area contributed by atoms with Crippen LogP contribution in [0.25, 0.3) is 11.1 Å². The van der Waals surface area contributed by atoms with Crippen LogP contribution < -0.4 is 17.0 Å². The van der Waals surface area contributed by atoms with E-state index in [-0.39, 0.29) is 29.4 Å². The molecule has 38 heavy (non-hydrogen) atoms. The third-order valence-corrected chi connectivity index (χ3v) is 6.55. The van der Waals surface area contributed by atoms with Gasteiger partial charge in [-0.2, -0.15) is 13.2 Å². The van der Waals surface area contributed by atoms with E-state index in [9.17, 15) is 27.2 Å². The number of alkyl halides is 3. The van der Waals surface area contributed by atoms with E-state index < -0.39 is 29.6 Å². The number of carboxylic acids is 1. The van der Waals surface area contributed by atoms with Gasteiger partial charge in [0.1, 0.15) is 5.82 Å². The first kappa shape index (κ1) is 28.8. The minimum Gasteiger partial charge on any atom is -0.475 e. The summed E-state index contributed by atoms with van der Waals surface area (Å²) in [6.07, 6.45) is -0.119. The predicted molar refractivity (Wildman–Crippen MR) is 134 cm³/mol. The Balaban J connectivity index is 0.000000505. The Kier molecular flexibility index (Phi) is 9.26. The molecule has 0 aliphatic heterocycles. The van der Waals surface area contributed by atoms with Crippen LogP contribution in [-0.2, 0) is 11.3 Å². The van der Waals surface area contributed by atoms with Gasteiger partial charge in [0, 0.05) is 23.3 Å². The topological polar surface area (TPSA) is 107 Å². The Hall–Kier alpha value is -3.73. The minimum atomic E-state index is -5.08. The number of nitrogens with two attached hydrogens (primary N) is 1. The van der Waals surface area contributed by atoms with E-state index in [0.29, 0.717) is 5.69 Å². The third kappa shape index (κ3) is 6.58. The number of aromatic nitrogens is 2. The van der Waals surface area contributed by atoms with E-state index in [0.717, 1.165) is 37.7 Å². The van der Waals surface area contributed by atoms with Crippen molar-refractivity contribution in [2.24, 2.45) is 5.73 Å². The van der Waals surface area contributed by atoms with E-state index in [1.165, 1.54) is 10.6 Å². The van der Waals surface area contributed by atoms with Gasteiger partial charge in [0.05, 0.1) is 12.1 Å². The molecule has 4 rings (SSSR count). The molecule has 1 aliphatic rings. The fraction of sp³-hybridized carbons (Fsp3) is 0.370. The number of benzene rings is 2. The molecule has 1 saturated carbocycles. The van der Waals surface area contributed by atoms with Crippen molar-refractivity contribution in [1.82, 2.24) is 9.13 Å². The number of rotatable bonds is 5. The lowest BCUT2D eigenvalue weighted by Gasteiger charge is -2.28. The molecule has 3 N–H and O–H groups in total. The third-order valence-electron chi connectivity index (χ3n) is 6.55. The molecule has 0 radical (unpaired) electrons. The van der Waals surface area contributed by atoms with E-state index >= 15 is 0 Å². The van der Waals surface area contributed by atoms with Crippen LogP contribution in [0.2, 0.25) is 0 Å². The lowest BCUT2D eigenvalue weighted by molar-refractivity contribution is -0.192. The fourth-order valence-corrected chi connectivity index (χ4v) is 4.68. The van der Waals surface area contributed by atoms with Crippen molar-refractivity contribution < 1.29 is 27.5 Å². The van der Waals surface area contributed by atoms with Crippen molar-refractivity contribution in [3.05, 3.63) is 92.5 Å². The second kappa shape index (κ2) is 12.2. The van der Waals surface area contributed by atoms with Crippen molar-refractivity contribution in [2.75, 3.05) is 0 Å². The van der Waals surface area contributed by atoms with Crippen molar-refractivity contribution >= 4 is 5.97 Å². The summed E-state index contributed by atoms with van der Waals surface area (Å²) in [4.78, 5) is 35.9. The van der Waals surface area contributed by atoms with Crippen LogP contribution in [0.4, 0.5) is 17.6 Å². The Bertz CT molecular complexity index is 1380. The molecule has 204 valence electrons. The minimum absolute atomic E-state index is 0.00609. The molecular formula is C27H29F4N3O4. The van der Waals surface area contributed by atoms with Gasteiger partial charge < -0.3 is 10.8 Å². The first-order valence-electron chi connectivity index (χ1n) is 12.1. The van der Waals surface area contributed by atoms with Crippen LogP contribution in [0.15, 0.2) is 64.2 Å². The number of hydrogen-bond acceptors (Lipinski definition) is 4. The van der Waals surface area contributed by atoms with Gasteiger partial charge in [-0.15, -0.1) is 0 Å². The second-order valence-corrected chi connectivity index (χ2v) is 9.12. The number of carbonyl (C=O) groups is 1. The molecule has 7 nitrogen and oxygen atoms in total. The first-order chi connectivity index (χ1) is 17.9. The number of carboxylic acid groups (broad SMARTS) is 1. The molecule has 11 heteroatoms. The monoisotopic (exact) mass is 535 g/mol. The molecule has 1 heterocycles. The maximum Gasteiger partial charge on any atom is 0.490 e. The summed E-state index contributed by atoms with van der Waals surface area (Å²) in [6, 6.07) is 15.1. The summed E-state index contributed by atoms with van der Waals surface area (Å²) < 4.78 is 49.3. The lowest BCUT2D eigenvalue weighted by Crippen LogP contribution is -2.45. The van der Waals surface area contributed by atoms with Gasteiger partial charge in [0.15, 0.2) is 0 Å². The van der Waals surface area contributed by atoms with Crippen LogP contribution in [0.5, 0.6) is 0 Å². The van der Waals surface area contributed by atoms with E-state index in [1.54, 1.807) is 29.7 Å². The molecule has 1 aliphatic carbocycles. The zero-order valence-corrected chi connectivity index (χ0v) is 20.7. The highest BCUT2D eigenvalue weighted by molar-refractivity contribution is 5.73. The molecule has 0 amide bonds. The fourth-order valence-electron chi connectivity index (χ4n) is 4.68. The average Bonchev–Trinajstić information content (AvgIpc) is 2.88. The molecule has 3 aromatic rings. The van der Waals surface area contributed by atoms with Crippen molar-refractivity contribution in [3.8, 4) is 11.1 Å². The highest BCUT2D eigenvalue weighted by Crippen LogP contribution is 2.30. The number of aliphatic carboxylic acids is 1. The molecule has 0 unspecified atom stereocenters. The molecule has 0 spiro atoms. The van der Waals surface area contributed by atoms with Crippen molar-refractivity contribution in [3.63, 3.8) is 0 Å². The summed E-state index contributed by atoms with van der Waals surface area (Å²) in [5.74, 6) is -3.23. The van der Waals surface area contributed by atoms with Gasteiger partial charge in [-0.05, 0) is 31.4 Å². The summed E-state index contributed by atoms with van der Waals surface area (Å²) in [7, 11) is 0. The summed E-state index contributed by atoms with van der Waals surface area (Å²) >= 11 is 0. The molecule has 0 saturated heterocycles. The van der Waals surface area contributed by atoms with Crippen molar-refractivity contribution in [2.45, 2.75) is 63.8 Å². The largest absolute Gasteiger partial charge is 0.490 e. The maximum absolute atomic E-state index is 14.7. The Morgan fingerprint density at radius 3 is 2.13 bits per heavy atom. The molecular weight excluding hydrogens is 506 g/mol. The summed E-state index contributed by atoms with van der Waals surface area (Å²) in [6.45, 7) is 1.79. The number of hydrogen-bond donors (Lipinski definition) is 2. The van der Waals surface area contributed by atoms with Crippen LogP contribution in [0.1, 0.15) is 55.4 Å². The number of halogens is 4. The van der Waals surface area contributed by atoms with Gasteiger partial charge in [0.2, 0.25) is 0 Å². The van der Waals surface area contributed by atoms with E-state index in [2.05, 4.69) is 0 Å². The maximum atomic E-state index is 14.7. The van der Waals surface area contributed by atoms with Gasteiger partial charge in [-0.1, -0.05) is 67.8 Å². The highest BCUT2D eigenvalue weighted by Gasteiger charge is 2.38. The Morgan fingerprint density at radius 2 is 1.58 bits per heavy atom. The van der Waals surface area contributed by atoms with Crippen molar-refractivity contribution in [1.29, 1.82) is 0 Å². The van der Waals surface area contributed by atoms with Gasteiger partial charge in [-0.3, -0.25) is 13.9 Å². The standard InChI is InChI=1S/C25H28FN3O2.C2HF3O2/c1-17-23(20-14-8-9-15-21(20)26)24(30)28(16-22(27)18-10-4-2-5-11-18)25(31)29(17)19-12-6-3-7-13-19;3-2(4,5)1(6)7/h2,4-5,8-11,14-15,19,22H,3,6-7,12-13,16,27H2,1H3;(H,6,7)/t22-;/m0./s1. The van der Waals surface area contributed by atoms with Crippen LogP contribution >= 0.6 is 0 Å². The van der Waals surface area contributed by atoms with Crippen LogP contribution in [0, 0.1) is 12.7 Å². The summed E-state index contributed by atoms with van der Waals surface area (Å²) in [5.41, 5.74) is 7.34. The Morgan fingerprint density at radius 1 is 1.03 bits per heavy atom. The quantitative estimate of drug-likeness (QED) is 0.449. The molecule has 1 fully saturated rings. The van der Waals surface area contributed by atoms with E-state index in [1.807, 2.05) is 30.3 Å². The SMILES string of the molecule is Cc1c(-c2ccccc2F)c(=O)n(C[C@H](N)c2ccccc2)c(=O)n1C1CCCCC1.O=C(O)C(F)(F)F. The van der Waals surface area contributed by atoms with Crippen LogP contribution in [-0.4, -0.2) is 26.4 Å². The van der Waals surface area contributed by atoms with Gasteiger partial charge in [0.25, 0.3) is 5.56 Å². The van der Waals surface area contributed by atoms with Gasteiger partial charge in [-0.25, -0.2) is 14.0 Å². The normalized spacial score (nSPS) is 14.9.